The van der Waals surface area contributed by atoms with Gasteiger partial charge in [-0.15, -0.1) is 0 Å². The third-order valence-corrected chi connectivity index (χ3v) is 3.44. The first-order valence-electron chi connectivity index (χ1n) is 7.83. The van der Waals surface area contributed by atoms with E-state index in [9.17, 15) is 4.79 Å². The summed E-state index contributed by atoms with van der Waals surface area (Å²) in [5.41, 5.74) is 0.942. The van der Waals surface area contributed by atoms with E-state index in [4.69, 9.17) is 9.52 Å². The first-order chi connectivity index (χ1) is 11.2. The van der Waals surface area contributed by atoms with Crippen LogP contribution in [0.25, 0.3) is 11.3 Å². The van der Waals surface area contributed by atoms with E-state index in [2.05, 4.69) is 10.3 Å². The summed E-state index contributed by atoms with van der Waals surface area (Å²) in [6.45, 7) is 4.66. The number of aromatic nitrogens is 1. The van der Waals surface area contributed by atoms with Gasteiger partial charge in [0.15, 0.2) is 5.76 Å². The lowest BCUT2D eigenvalue weighted by Gasteiger charge is -2.23. The Bertz CT molecular complexity index is 607. The van der Waals surface area contributed by atoms with Gasteiger partial charge in [0.1, 0.15) is 6.04 Å². The van der Waals surface area contributed by atoms with Crippen LogP contribution in [0.4, 0.5) is 4.79 Å². The SMILES string of the molecule is CCCN(CCO)C(=O)NC(C)c1ncc(-c2ccccc2)o1. The molecule has 0 aliphatic carbocycles. The fourth-order valence-corrected chi connectivity index (χ4v) is 2.27. The average molecular weight is 317 g/mol. The molecule has 2 amide bonds. The Kier molecular flexibility index (Phi) is 6.17. The highest BCUT2D eigenvalue weighted by molar-refractivity contribution is 5.74. The number of aliphatic hydroxyl groups excluding tert-OH is 1. The summed E-state index contributed by atoms with van der Waals surface area (Å²) >= 11 is 0. The summed E-state index contributed by atoms with van der Waals surface area (Å²) in [7, 11) is 0. The number of hydrogen-bond acceptors (Lipinski definition) is 4. The van der Waals surface area contributed by atoms with Crippen LogP contribution in [0.5, 0.6) is 0 Å². The minimum atomic E-state index is -0.349. The Hall–Kier alpha value is -2.34. The van der Waals surface area contributed by atoms with Crippen LogP contribution >= 0.6 is 0 Å². The van der Waals surface area contributed by atoms with Crippen molar-refractivity contribution >= 4 is 6.03 Å². The van der Waals surface area contributed by atoms with Crippen LogP contribution in [0.1, 0.15) is 32.2 Å². The molecule has 0 fully saturated rings. The van der Waals surface area contributed by atoms with Gasteiger partial charge in [-0.1, -0.05) is 37.3 Å². The second-order valence-corrected chi connectivity index (χ2v) is 5.31. The summed E-state index contributed by atoms with van der Waals surface area (Å²) in [5, 5.41) is 11.9. The molecule has 2 rings (SSSR count). The molecule has 0 saturated carbocycles. The quantitative estimate of drug-likeness (QED) is 0.823. The predicted octanol–water partition coefficient (Wildman–Crippen LogP) is 2.82. The monoisotopic (exact) mass is 317 g/mol. The van der Waals surface area contributed by atoms with Crippen molar-refractivity contribution in [2.45, 2.75) is 26.3 Å². The molecule has 1 atom stereocenters. The van der Waals surface area contributed by atoms with Gasteiger partial charge in [-0.25, -0.2) is 9.78 Å². The molecule has 1 unspecified atom stereocenters. The summed E-state index contributed by atoms with van der Waals surface area (Å²) in [4.78, 5) is 18.0. The minimum absolute atomic E-state index is 0.0566. The highest BCUT2D eigenvalue weighted by Gasteiger charge is 2.19. The van der Waals surface area contributed by atoms with E-state index in [1.165, 1.54) is 0 Å². The largest absolute Gasteiger partial charge is 0.438 e. The van der Waals surface area contributed by atoms with E-state index in [0.717, 1.165) is 12.0 Å². The molecule has 1 aromatic carbocycles. The van der Waals surface area contributed by atoms with Gasteiger partial charge in [0.25, 0.3) is 0 Å². The molecule has 0 saturated heterocycles. The molecule has 124 valence electrons. The molecule has 1 aromatic heterocycles. The zero-order valence-corrected chi connectivity index (χ0v) is 13.5. The van der Waals surface area contributed by atoms with Crippen molar-refractivity contribution < 1.29 is 14.3 Å². The van der Waals surface area contributed by atoms with Gasteiger partial charge in [-0.3, -0.25) is 0 Å². The second-order valence-electron chi connectivity index (χ2n) is 5.31. The Morgan fingerprint density at radius 2 is 2.09 bits per heavy atom. The maximum Gasteiger partial charge on any atom is 0.318 e. The van der Waals surface area contributed by atoms with E-state index in [1.54, 1.807) is 11.1 Å². The van der Waals surface area contributed by atoms with E-state index < -0.39 is 0 Å². The number of carbonyl (C=O) groups excluding carboxylic acids is 1. The number of rotatable bonds is 7. The normalized spacial score (nSPS) is 12.0. The lowest BCUT2D eigenvalue weighted by molar-refractivity contribution is 0.173. The molecule has 0 spiro atoms. The standard InChI is InChI=1S/C17H23N3O3/c1-3-9-20(10-11-21)17(22)19-13(2)16-18-12-15(23-16)14-7-5-4-6-8-14/h4-8,12-13,21H,3,9-11H2,1-2H3,(H,19,22). The molecule has 2 aromatic rings. The molecule has 0 aliphatic heterocycles. The number of benzene rings is 1. The van der Waals surface area contributed by atoms with Gasteiger partial charge in [-0.2, -0.15) is 0 Å². The average Bonchev–Trinajstić information content (AvgIpc) is 3.05. The van der Waals surface area contributed by atoms with Crippen LogP contribution in [0.3, 0.4) is 0 Å². The number of carbonyl (C=O) groups is 1. The molecule has 0 bridgehead atoms. The zero-order chi connectivity index (χ0) is 16.7. The Labute approximate surface area is 136 Å². The predicted molar refractivity (Wildman–Crippen MR) is 87.8 cm³/mol. The van der Waals surface area contributed by atoms with E-state index in [1.807, 2.05) is 44.2 Å². The van der Waals surface area contributed by atoms with Crippen molar-refractivity contribution in [1.29, 1.82) is 0 Å². The van der Waals surface area contributed by atoms with Crippen molar-refractivity contribution in [2.75, 3.05) is 19.7 Å². The van der Waals surface area contributed by atoms with Crippen molar-refractivity contribution in [3.8, 4) is 11.3 Å². The summed E-state index contributed by atoms with van der Waals surface area (Å²) in [6.07, 6.45) is 2.49. The lowest BCUT2D eigenvalue weighted by Crippen LogP contribution is -2.42. The minimum Gasteiger partial charge on any atom is -0.438 e. The molecule has 1 heterocycles. The van der Waals surface area contributed by atoms with Crippen LogP contribution in [-0.2, 0) is 0 Å². The number of hydrogen-bond donors (Lipinski definition) is 2. The Balaban J connectivity index is 2.02. The number of urea groups is 1. The molecule has 0 aliphatic rings. The third kappa shape index (κ3) is 4.56. The zero-order valence-electron chi connectivity index (χ0n) is 13.5. The molecular formula is C17H23N3O3. The van der Waals surface area contributed by atoms with Crippen LogP contribution < -0.4 is 5.32 Å². The molecule has 6 nitrogen and oxygen atoms in total. The molecule has 23 heavy (non-hydrogen) atoms. The van der Waals surface area contributed by atoms with Crippen molar-refractivity contribution in [1.82, 2.24) is 15.2 Å². The maximum absolute atomic E-state index is 12.2. The molecule has 6 heteroatoms. The third-order valence-electron chi connectivity index (χ3n) is 3.44. The maximum atomic E-state index is 12.2. The molecule has 2 N–H and O–H groups in total. The Morgan fingerprint density at radius 1 is 1.35 bits per heavy atom. The summed E-state index contributed by atoms with van der Waals surface area (Å²) in [6, 6.07) is 9.11. The topological polar surface area (TPSA) is 78.6 Å². The second kappa shape index (κ2) is 8.33. The number of oxazole rings is 1. The van der Waals surface area contributed by atoms with Crippen LogP contribution in [-0.4, -0.2) is 40.7 Å². The van der Waals surface area contributed by atoms with Gasteiger partial charge < -0.3 is 19.7 Å². The van der Waals surface area contributed by atoms with Gasteiger partial charge in [0, 0.05) is 18.7 Å². The van der Waals surface area contributed by atoms with Crippen LogP contribution in [0.15, 0.2) is 40.9 Å². The first-order valence-corrected chi connectivity index (χ1v) is 7.83. The number of nitrogens with zero attached hydrogens (tertiary/aromatic N) is 2. The molecular weight excluding hydrogens is 294 g/mol. The van der Waals surface area contributed by atoms with Crippen molar-refractivity contribution in [3.63, 3.8) is 0 Å². The fraction of sp³-hybridized carbons (Fsp3) is 0.412. The van der Waals surface area contributed by atoms with E-state index >= 15 is 0 Å². The first kappa shape index (κ1) is 17.0. The van der Waals surface area contributed by atoms with Crippen LogP contribution in [0, 0.1) is 0 Å². The van der Waals surface area contributed by atoms with Gasteiger partial charge >= 0.3 is 6.03 Å². The number of aliphatic hydroxyl groups is 1. The van der Waals surface area contributed by atoms with Crippen LogP contribution in [0.2, 0.25) is 0 Å². The summed E-state index contributed by atoms with van der Waals surface area (Å²) in [5.74, 6) is 1.13. The highest BCUT2D eigenvalue weighted by atomic mass is 16.4. The lowest BCUT2D eigenvalue weighted by atomic mass is 10.2. The van der Waals surface area contributed by atoms with Crippen molar-refractivity contribution in [3.05, 3.63) is 42.4 Å². The number of amides is 2. The van der Waals surface area contributed by atoms with Gasteiger partial charge in [-0.05, 0) is 13.3 Å². The smallest absolute Gasteiger partial charge is 0.318 e. The number of nitrogens with one attached hydrogen (secondary N) is 1. The van der Waals surface area contributed by atoms with Gasteiger partial charge in [0.2, 0.25) is 5.89 Å². The highest BCUT2D eigenvalue weighted by Crippen LogP contribution is 2.22. The van der Waals surface area contributed by atoms with E-state index in [-0.39, 0.29) is 18.7 Å². The van der Waals surface area contributed by atoms with E-state index in [0.29, 0.717) is 24.7 Å². The van der Waals surface area contributed by atoms with Crippen molar-refractivity contribution in [2.24, 2.45) is 0 Å². The Morgan fingerprint density at radius 3 is 2.74 bits per heavy atom. The summed E-state index contributed by atoms with van der Waals surface area (Å²) < 4.78 is 5.74. The fourth-order valence-electron chi connectivity index (χ4n) is 2.27. The molecule has 0 radical (unpaired) electrons. The van der Waals surface area contributed by atoms with Gasteiger partial charge in [0.05, 0.1) is 12.8 Å².